The molecule has 39 heavy (non-hydrogen) atoms. The van der Waals surface area contributed by atoms with Gasteiger partial charge in [-0.25, -0.2) is 19.9 Å². The number of benzene rings is 1. The number of carbonyl (C=O) groups excluding carboxylic acids is 1. The zero-order valence-electron chi connectivity index (χ0n) is 23.4. The second-order valence-electron chi connectivity index (χ2n) is 10.5. The van der Waals surface area contributed by atoms with Gasteiger partial charge in [0.1, 0.15) is 12.0 Å². The molecule has 2 aromatic heterocycles. The first-order valence-electron chi connectivity index (χ1n) is 13.8. The Morgan fingerprint density at radius 2 is 1.87 bits per heavy atom. The Balaban J connectivity index is 1.49. The van der Waals surface area contributed by atoms with Gasteiger partial charge in [0.15, 0.2) is 23.8 Å². The van der Waals surface area contributed by atoms with Crippen LogP contribution in [0.3, 0.4) is 0 Å². The molecule has 1 unspecified atom stereocenters. The Labute approximate surface area is 235 Å². The molecule has 0 aliphatic heterocycles. The predicted octanol–water partition coefficient (Wildman–Crippen LogP) is 5.98. The number of hydrogen-bond acceptors (Lipinski definition) is 8. The van der Waals surface area contributed by atoms with Crippen molar-refractivity contribution in [2.24, 2.45) is 10.9 Å². The molecule has 0 radical (unpaired) electrons. The second-order valence-corrected chi connectivity index (χ2v) is 11.9. The zero-order valence-corrected chi connectivity index (χ0v) is 24.3. The van der Waals surface area contributed by atoms with Crippen molar-refractivity contribution in [2.45, 2.75) is 76.8 Å². The molecule has 0 bridgehead atoms. The lowest BCUT2D eigenvalue weighted by molar-refractivity contribution is -0.102. The third kappa shape index (κ3) is 6.30. The van der Waals surface area contributed by atoms with Gasteiger partial charge in [-0.05, 0) is 75.8 Å². The third-order valence-electron chi connectivity index (χ3n) is 7.60. The van der Waals surface area contributed by atoms with Crippen molar-refractivity contribution in [1.82, 2.24) is 19.9 Å². The van der Waals surface area contributed by atoms with E-state index in [9.17, 15) is 4.79 Å². The number of hydrogen-bond donors (Lipinski definition) is 1. The highest BCUT2D eigenvalue weighted by atomic mass is 32.2. The van der Waals surface area contributed by atoms with Crippen LogP contribution in [0.25, 0.3) is 11.4 Å². The van der Waals surface area contributed by atoms with Crippen LogP contribution in [0, 0.1) is 19.8 Å². The van der Waals surface area contributed by atoms with Gasteiger partial charge < -0.3 is 10.2 Å². The monoisotopic (exact) mass is 543 g/mol. The van der Waals surface area contributed by atoms with Gasteiger partial charge in [-0.1, -0.05) is 19.1 Å². The predicted molar refractivity (Wildman–Crippen MR) is 159 cm³/mol. The molecule has 8 nitrogen and oxygen atoms in total. The summed E-state index contributed by atoms with van der Waals surface area (Å²) in [5.74, 6) is 3.77. The van der Waals surface area contributed by atoms with Crippen molar-refractivity contribution in [2.75, 3.05) is 23.0 Å². The largest absolute Gasteiger partial charge is 0.355 e. The molecule has 0 spiro atoms. The van der Waals surface area contributed by atoms with E-state index in [0.29, 0.717) is 35.9 Å². The number of anilines is 2. The van der Waals surface area contributed by atoms with E-state index < -0.39 is 0 Å². The van der Waals surface area contributed by atoms with Gasteiger partial charge in [0.2, 0.25) is 0 Å². The van der Waals surface area contributed by atoms with Crippen LogP contribution in [0.1, 0.15) is 68.1 Å². The Morgan fingerprint density at radius 1 is 1.13 bits per heavy atom. The van der Waals surface area contributed by atoms with E-state index in [0.717, 1.165) is 58.9 Å². The van der Waals surface area contributed by atoms with Crippen LogP contribution in [-0.4, -0.2) is 50.9 Å². The summed E-state index contributed by atoms with van der Waals surface area (Å²) in [6.07, 6.45) is 7.11. The van der Waals surface area contributed by atoms with Gasteiger partial charge >= 0.3 is 0 Å². The summed E-state index contributed by atoms with van der Waals surface area (Å²) in [5.41, 5.74) is 5.35. The van der Waals surface area contributed by atoms with E-state index in [2.05, 4.69) is 70.3 Å². The molecule has 3 aromatic rings. The molecule has 1 aromatic carbocycles. The average molecular weight is 544 g/mol. The van der Waals surface area contributed by atoms with Crippen molar-refractivity contribution in [3.05, 3.63) is 53.2 Å². The maximum Gasteiger partial charge on any atom is 0.185 e. The lowest BCUT2D eigenvalue weighted by Crippen LogP contribution is -2.33. The number of aryl methyl sites for hydroxylation is 2. The summed E-state index contributed by atoms with van der Waals surface area (Å²) < 4.78 is 0. The molecule has 0 saturated heterocycles. The first kappa shape index (κ1) is 27.2. The molecule has 204 valence electrons. The zero-order chi connectivity index (χ0) is 27.5. The average Bonchev–Trinajstić information content (AvgIpc) is 3.85. The Bertz CT molecular complexity index is 1370. The molecular formula is C30H37N7OS. The molecule has 2 fully saturated rings. The van der Waals surface area contributed by atoms with Crippen LogP contribution >= 0.6 is 11.8 Å². The van der Waals surface area contributed by atoms with Gasteiger partial charge in [-0.3, -0.25) is 9.79 Å². The first-order chi connectivity index (χ1) is 18.9. The maximum atomic E-state index is 12.1. The summed E-state index contributed by atoms with van der Waals surface area (Å²) in [7, 11) is 2.07. The molecule has 2 saturated carbocycles. The number of aromatic nitrogens is 4. The van der Waals surface area contributed by atoms with Crippen LogP contribution in [0.5, 0.6) is 0 Å². The normalized spacial score (nSPS) is 16.2. The van der Waals surface area contributed by atoms with Crippen molar-refractivity contribution >= 4 is 35.4 Å². The van der Waals surface area contributed by atoms with Crippen molar-refractivity contribution in [3.63, 3.8) is 0 Å². The first-order valence-corrected chi connectivity index (χ1v) is 14.8. The van der Waals surface area contributed by atoms with E-state index in [-0.39, 0.29) is 5.84 Å². The van der Waals surface area contributed by atoms with E-state index in [1.54, 1.807) is 18.1 Å². The van der Waals surface area contributed by atoms with Gasteiger partial charge in [0, 0.05) is 23.9 Å². The summed E-state index contributed by atoms with van der Waals surface area (Å²) in [4.78, 5) is 39.2. The Kier molecular flexibility index (Phi) is 8.26. The lowest BCUT2D eigenvalue weighted by atomic mass is 10.1. The Morgan fingerprint density at radius 3 is 2.51 bits per heavy atom. The standard InChI is InChI=1S/C30H37N7OS/c1-6-39-24-13-7-21(8-14-24)15-31-25(16-38)35-27-19(3)34-29(36-30(27)37(5)20(4)22-9-10-22)26-18(2)32-17-33-28(26)23-11-12-23/h7-8,13-14,16-17,20,22-23H,6,9-12,15H2,1-5H3,(H,31,35). The van der Waals surface area contributed by atoms with Crippen molar-refractivity contribution < 1.29 is 4.79 Å². The smallest absolute Gasteiger partial charge is 0.185 e. The SMILES string of the molecule is CCSc1ccc(CN=C(C=O)Nc2c(C)nc(-c3c(C)ncnc3C3CC3)nc2N(C)C(C)C2CC2)cc1. The minimum Gasteiger partial charge on any atom is -0.355 e. The van der Waals surface area contributed by atoms with Gasteiger partial charge in [-0.2, -0.15) is 0 Å². The number of rotatable bonds is 11. The maximum absolute atomic E-state index is 12.1. The fourth-order valence-electron chi connectivity index (χ4n) is 4.86. The number of nitrogens with one attached hydrogen (secondary N) is 1. The number of carbonyl (C=O) groups is 1. The van der Waals surface area contributed by atoms with Gasteiger partial charge in [0.25, 0.3) is 0 Å². The summed E-state index contributed by atoms with van der Waals surface area (Å²) >= 11 is 1.80. The minimum atomic E-state index is 0.257. The highest BCUT2D eigenvalue weighted by Gasteiger charge is 2.34. The molecule has 2 aliphatic rings. The van der Waals surface area contributed by atoms with E-state index in [4.69, 9.17) is 9.97 Å². The summed E-state index contributed by atoms with van der Waals surface area (Å²) in [5, 5.41) is 3.29. The number of aldehydes is 1. The highest BCUT2D eigenvalue weighted by molar-refractivity contribution is 7.99. The van der Waals surface area contributed by atoms with Crippen molar-refractivity contribution in [3.8, 4) is 11.4 Å². The molecular weight excluding hydrogens is 506 g/mol. The second kappa shape index (κ2) is 11.8. The number of nitrogens with zero attached hydrogens (tertiary/aromatic N) is 6. The molecule has 9 heteroatoms. The van der Waals surface area contributed by atoms with E-state index >= 15 is 0 Å². The topological polar surface area (TPSA) is 96.3 Å². The molecule has 1 atom stereocenters. The van der Waals surface area contributed by atoms with Crippen LogP contribution < -0.4 is 10.2 Å². The van der Waals surface area contributed by atoms with Crippen LogP contribution in [-0.2, 0) is 11.3 Å². The van der Waals surface area contributed by atoms with Crippen LogP contribution in [0.4, 0.5) is 11.5 Å². The molecule has 2 heterocycles. The molecule has 2 aliphatic carbocycles. The summed E-state index contributed by atoms with van der Waals surface area (Å²) in [6.45, 7) is 8.73. The molecule has 0 amide bonds. The Hall–Kier alpha value is -3.33. The summed E-state index contributed by atoms with van der Waals surface area (Å²) in [6, 6.07) is 8.62. The number of aliphatic imine (C=N–C) groups is 1. The fourth-order valence-corrected chi connectivity index (χ4v) is 5.52. The quantitative estimate of drug-likeness (QED) is 0.136. The van der Waals surface area contributed by atoms with Crippen LogP contribution in [0.15, 0.2) is 40.5 Å². The van der Waals surface area contributed by atoms with Gasteiger partial charge in [0.05, 0.1) is 29.2 Å². The van der Waals surface area contributed by atoms with Crippen LogP contribution in [0.2, 0.25) is 0 Å². The molecule has 5 rings (SSSR count). The third-order valence-corrected chi connectivity index (χ3v) is 8.50. The number of amidine groups is 1. The minimum absolute atomic E-state index is 0.257. The molecule has 1 N–H and O–H groups in total. The highest BCUT2D eigenvalue weighted by Crippen LogP contribution is 2.44. The van der Waals surface area contributed by atoms with E-state index in [1.165, 1.54) is 17.7 Å². The fraction of sp³-hybridized carbons (Fsp3) is 0.467. The van der Waals surface area contributed by atoms with Crippen molar-refractivity contribution in [1.29, 1.82) is 0 Å². The lowest BCUT2D eigenvalue weighted by Gasteiger charge is -2.29. The number of thioether (sulfide) groups is 1. The van der Waals surface area contributed by atoms with Gasteiger partial charge in [-0.15, -0.1) is 11.8 Å². The van der Waals surface area contributed by atoms with E-state index in [1.807, 2.05) is 13.8 Å².